The van der Waals surface area contributed by atoms with Crippen LogP contribution in [-0.4, -0.2) is 27.0 Å². The lowest BCUT2D eigenvalue weighted by Gasteiger charge is -2.21. The number of hydrogen-bond acceptors (Lipinski definition) is 3. The third-order valence-electron chi connectivity index (χ3n) is 3.46. The van der Waals surface area contributed by atoms with Crippen molar-refractivity contribution in [2.45, 2.75) is 45.6 Å². The topological polar surface area (TPSA) is 46.2 Å². The molecule has 0 bridgehead atoms. The van der Waals surface area contributed by atoms with E-state index in [1.165, 1.54) is 5.56 Å². The summed E-state index contributed by atoms with van der Waals surface area (Å²) in [6.45, 7) is 8.40. The van der Waals surface area contributed by atoms with E-state index in [1.807, 2.05) is 26.1 Å². The second-order valence-corrected chi connectivity index (χ2v) is 8.56. The minimum Gasteiger partial charge on any atom is -0.312 e. The molecule has 0 spiro atoms. The third-order valence-corrected chi connectivity index (χ3v) is 5.33. The van der Waals surface area contributed by atoms with Gasteiger partial charge in [0.15, 0.2) is 9.84 Å². The molecule has 0 aliphatic heterocycles. The monoisotopic (exact) mass is 297 g/mol. The number of nitrogens with one attached hydrogen (secondary N) is 1. The molecule has 1 unspecified atom stereocenters. The Hall–Kier alpha value is -0.870. The van der Waals surface area contributed by atoms with Gasteiger partial charge in [-0.15, -0.1) is 0 Å². The van der Waals surface area contributed by atoms with Crippen molar-refractivity contribution >= 4 is 9.84 Å². The van der Waals surface area contributed by atoms with Crippen molar-refractivity contribution in [2.24, 2.45) is 0 Å². The number of rotatable bonds is 6. The van der Waals surface area contributed by atoms with Gasteiger partial charge in [0, 0.05) is 11.8 Å². The van der Waals surface area contributed by atoms with Crippen LogP contribution in [0.5, 0.6) is 0 Å². The first-order valence-electron chi connectivity index (χ1n) is 7.17. The van der Waals surface area contributed by atoms with E-state index >= 15 is 0 Å². The maximum Gasteiger partial charge on any atom is 0.152 e. The van der Waals surface area contributed by atoms with Gasteiger partial charge in [-0.25, -0.2) is 8.42 Å². The summed E-state index contributed by atoms with van der Waals surface area (Å²) in [6.07, 6.45) is 0.668. The highest BCUT2D eigenvalue weighted by Crippen LogP contribution is 2.24. The normalized spacial score (nSPS) is 14.2. The fraction of sp³-hybridized carbons (Fsp3) is 0.625. The van der Waals surface area contributed by atoms with Crippen molar-refractivity contribution in [1.29, 1.82) is 0 Å². The van der Waals surface area contributed by atoms with E-state index in [2.05, 4.69) is 38.2 Å². The van der Waals surface area contributed by atoms with Crippen molar-refractivity contribution in [3.8, 4) is 0 Å². The molecule has 0 saturated carbocycles. The van der Waals surface area contributed by atoms with Gasteiger partial charge in [0.2, 0.25) is 0 Å². The highest BCUT2D eigenvalue weighted by Gasteiger charge is 2.20. The Bertz CT molecular complexity index is 512. The average Bonchev–Trinajstić information content (AvgIpc) is 2.35. The van der Waals surface area contributed by atoms with Gasteiger partial charge in [-0.3, -0.25) is 0 Å². The predicted molar refractivity (Wildman–Crippen MR) is 85.9 cm³/mol. The predicted octanol–water partition coefficient (Wildman–Crippen LogP) is 3.07. The van der Waals surface area contributed by atoms with E-state index < -0.39 is 9.84 Å². The summed E-state index contributed by atoms with van der Waals surface area (Å²) >= 11 is 0. The van der Waals surface area contributed by atoms with E-state index in [4.69, 9.17) is 0 Å². The van der Waals surface area contributed by atoms with Crippen LogP contribution < -0.4 is 5.32 Å². The molecule has 114 valence electrons. The molecule has 1 N–H and O–H groups in total. The molecule has 0 fully saturated rings. The van der Waals surface area contributed by atoms with Gasteiger partial charge in [0.1, 0.15) is 0 Å². The maximum atomic E-state index is 12.0. The zero-order valence-corrected chi connectivity index (χ0v) is 14.0. The molecule has 4 heteroatoms. The van der Waals surface area contributed by atoms with Gasteiger partial charge in [-0.1, -0.05) is 52.0 Å². The molecule has 1 aromatic carbocycles. The molecule has 0 radical (unpaired) electrons. The van der Waals surface area contributed by atoms with Crippen LogP contribution in [0.4, 0.5) is 0 Å². The van der Waals surface area contributed by atoms with Crippen LogP contribution in [0.3, 0.4) is 0 Å². The summed E-state index contributed by atoms with van der Waals surface area (Å²) < 4.78 is 23.9. The Kier molecular flexibility index (Phi) is 5.78. The zero-order chi connectivity index (χ0) is 15.4. The summed E-state index contributed by atoms with van der Waals surface area (Å²) in [5.74, 6) is 0.414. The van der Waals surface area contributed by atoms with Crippen LogP contribution in [0.15, 0.2) is 24.3 Å². The summed E-state index contributed by atoms with van der Waals surface area (Å²) in [5.41, 5.74) is 2.40. The van der Waals surface area contributed by atoms with Gasteiger partial charge >= 0.3 is 0 Å². The fourth-order valence-corrected chi connectivity index (χ4v) is 3.87. The minimum absolute atomic E-state index is 0.113. The van der Waals surface area contributed by atoms with Crippen molar-refractivity contribution in [2.75, 3.05) is 18.6 Å². The maximum absolute atomic E-state index is 12.0. The molecule has 0 aliphatic rings. The smallest absolute Gasteiger partial charge is 0.152 e. The second-order valence-electron chi connectivity index (χ2n) is 6.33. The Labute approximate surface area is 123 Å². The molecular formula is C16H27NO2S. The molecule has 1 atom stereocenters. The van der Waals surface area contributed by atoms with Gasteiger partial charge in [0.05, 0.1) is 5.75 Å². The first-order chi connectivity index (χ1) is 9.19. The van der Waals surface area contributed by atoms with Crippen LogP contribution in [0.1, 0.15) is 51.3 Å². The summed E-state index contributed by atoms with van der Waals surface area (Å²) in [5, 5.41) is 3.11. The quantitative estimate of drug-likeness (QED) is 0.878. The minimum atomic E-state index is -2.99. The lowest BCUT2D eigenvalue weighted by molar-refractivity contribution is 0.571. The molecule has 0 saturated heterocycles. The highest BCUT2D eigenvalue weighted by molar-refractivity contribution is 7.91. The molecule has 0 aromatic heterocycles. The van der Waals surface area contributed by atoms with Gasteiger partial charge in [-0.05, 0) is 30.0 Å². The van der Waals surface area contributed by atoms with Crippen LogP contribution in [0.25, 0.3) is 0 Å². The number of benzene rings is 1. The van der Waals surface area contributed by atoms with Gasteiger partial charge < -0.3 is 5.32 Å². The zero-order valence-electron chi connectivity index (χ0n) is 13.2. The van der Waals surface area contributed by atoms with E-state index in [9.17, 15) is 8.42 Å². The molecule has 1 aromatic rings. The van der Waals surface area contributed by atoms with Crippen molar-refractivity contribution < 1.29 is 8.42 Å². The van der Waals surface area contributed by atoms with E-state index in [1.54, 1.807) is 0 Å². The lowest BCUT2D eigenvalue weighted by Crippen LogP contribution is -2.26. The molecule has 1 rings (SSSR count). The molecule has 0 amide bonds. The van der Waals surface area contributed by atoms with Crippen LogP contribution >= 0.6 is 0 Å². The van der Waals surface area contributed by atoms with Gasteiger partial charge in [0.25, 0.3) is 0 Å². The first-order valence-corrected chi connectivity index (χ1v) is 9.00. The molecular weight excluding hydrogens is 270 g/mol. The Balaban J connectivity index is 2.91. The summed E-state index contributed by atoms with van der Waals surface area (Å²) in [6, 6.07) is 8.10. The van der Waals surface area contributed by atoms with E-state index in [0.29, 0.717) is 6.42 Å². The second kappa shape index (κ2) is 6.72. The third kappa shape index (κ3) is 4.91. The van der Waals surface area contributed by atoms with Crippen LogP contribution in [-0.2, 0) is 15.3 Å². The Morgan fingerprint density at radius 1 is 1.15 bits per heavy atom. The standard InChI is InChI=1S/C16H27NO2S/c1-6-11-20(18,19)12-15(17-5)13-7-9-14(10-8-13)16(2,3)4/h7-10,15,17H,6,11-12H2,1-5H3. The van der Waals surface area contributed by atoms with Crippen molar-refractivity contribution in [1.82, 2.24) is 5.32 Å². The fourth-order valence-electron chi connectivity index (χ4n) is 2.21. The number of hydrogen-bond donors (Lipinski definition) is 1. The first kappa shape index (κ1) is 17.2. The molecule has 3 nitrogen and oxygen atoms in total. The van der Waals surface area contributed by atoms with Crippen molar-refractivity contribution in [3.63, 3.8) is 0 Å². The number of sulfone groups is 1. The lowest BCUT2D eigenvalue weighted by atomic mass is 9.86. The Morgan fingerprint density at radius 3 is 2.10 bits per heavy atom. The average molecular weight is 297 g/mol. The summed E-state index contributed by atoms with van der Waals surface area (Å²) in [7, 11) is -1.18. The highest BCUT2D eigenvalue weighted by atomic mass is 32.2. The molecule has 20 heavy (non-hydrogen) atoms. The molecule has 0 heterocycles. The van der Waals surface area contributed by atoms with Gasteiger partial charge in [-0.2, -0.15) is 0 Å². The largest absolute Gasteiger partial charge is 0.312 e. The molecule has 0 aliphatic carbocycles. The van der Waals surface area contributed by atoms with Crippen molar-refractivity contribution in [3.05, 3.63) is 35.4 Å². The SMILES string of the molecule is CCCS(=O)(=O)CC(NC)c1ccc(C(C)(C)C)cc1. The summed E-state index contributed by atoms with van der Waals surface area (Å²) in [4.78, 5) is 0. The van der Waals surface area contributed by atoms with E-state index in [-0.39, 0.29) is 23.0 Å². The van der Waals surface area contributed by atoms with E-state index in [0.717, 1.165) is 5.56 Å². The van der Waals surface area contributed by atoms with Crippen LogP contribution in [0, 0.1) is 0 Å². The Morgan fingerprint density at radius 2 is 1.70 bits per heavy atom. The van der Waals surface area contributed by atoms with Crippen LogP contribution in [0.2, 0.25) is 0 Å².